The predicted octanol–water partition coefficient (Wildman–Crippen LogP) is 4.34. The number of halogens is 9. The number of hydrogen-bond donors (Lipinski definition) is 1. The Labute approximate surface area is 158 Å². The number of benzene rings is 1. The maximum absolute atomic E-state index is 13.3. The van der Waals surface area contributed by atoms with Gasteiger partial charge in [-0.15, -0.1) is 0 Å². The molecule has 0 aliphatic heterocycles. The molecule has 162 valence electrons. The molecule has 0 saturated heterocycles. The van der Waals surface area contributed by atoms with Crippen LogP contribution in [0.5, 0.6) is 0 Å². The summed E-state index contributed by atoms with van der Waals surface area (Å²) in [6, 6.07) is 6.74. The lowest BCUT2D eigenvalue weighted by molar-refractivity contribution is -0.388. The average molecular weight is 435 g/mol. The standard InChI is InChI=1S/C16H14F9N3O/c1-28(2)11-7-5-10(6-8-11)4-3-9-26-27-12(29)13(17,18)14(19,20)15(21,22)16(23,24)25/h3-9H,1-2H3,(H,27,29). The van der Waals surface area contributed by atoms with Crippen LogP contribution in [0, 0.1) is 0 Å². The topological polar surface area (TPSA) is 44.7 Å². The van der Waals surface area contributed by atoms with Crippen LogP contribution < -0.4 is 10.3 Å². The van der Waals surface area contributed by atoms with Gasteiger partial charge < -0.3 is 4.90 Å². The number of carbonyl (C=O) groups is 1. The first-order valence-electron chi connectivity index (χ1n) is 7.53. The molecule has 1 N–H and O–H groups in total. The number of carbonyl (C=O) groups excluding carboxylic acids is 1. The summed E-state index contributed by atoms with van der Waals surface area (Å²) in [6.07, 6.45) is -3.94. The zero-order valence-corrected chi connectivity index (χ0v) is 14.7. The van der Waals surface area contributed by atoms with Crippen LogP contribution in [0.15, 0.2) is 35.4 Å². The van der Waals surface area contributed by atoms with E-state index >= 15 is 0 Å². The van der Waals surface area contributed by atoms with Gasteiger partial charge in [-0.2, -0.15) is 44.6 Å². The van der Waals surface area contributed by atoms with Gasteiger partial charge in [0.15, 0.2) is 0 Å². The smallest absolute Gasteiger partial charge is 0.378 e. The quantitative estimate of drug-likeness (QED) is 0.394. The number of rotatable bonds is 7. The molecular formula is C16H14F9N3O. The van der Waals surface area contributed by atoms with Gasteiger partial charge in [0.25, 0.3) is 0 Å². The predicted molar refractivity (Wildman–Crippen MR) is 87.3 cm³/mol. The van der Waals surface area contributed by atoms with E-state index < -0.39 is 29.9 Å². The third-order valence-electron chi connectivity index (χ3n) is 3.45. The summed E-state index contributed by atoms with van der Waals surface area (Å²) in [5.74, 6) is -23.7. The number of nitrogens with one attached hydrogen (secondary N) is 1. The molecule has 13 heteroatoms. The summed E-state index contributed by atoms with van der Waals surface area (Å²) < 4.78 is 114. The van der Waals surface area contributed by atoms with E-state index in [4.69, 9.17) is 0 Å². The molecular weight excluding hydrogens is 421 g/mol. The van der Waals surface area contributed by atoms with E-state index in [9.17, 15) is 44.3 Å². The van der Waals surface area contributed by atoms with Gasteiger partial charge in [0.2, 0.25) is 0 Å². The SMILES string of the molecule is CN(C)c1ccc(C=CC=NNC(=O)C(F)(F)C(F)(F)C(F)(F)C(F)(F)F)cc1. The fourth-order valence-electron chi connectivity index (χ4n) is 1.76. The highest BCUT2D eigenvalue weighted by Gasteiger charge is 2.83. The van der Waals surface area contributed by atoms with Gasteiger partial charge in [0.05, 0.1) is 0 Å². The van der Waals surface area contributed by atoms with Crippen molar-refractivity contribution in [3.63, 3.8) is 0 Å². The second kappa shape index (κ2) is 8.33. The van der Waals surface area contributed by atoms with Gasteiger partial charge in [-0.05, 0) is 23.8 Å². The van der Waals surface area contributed by atoms with Crippen molar-refractivity contribution in [1.82, 2.24) is 5.43 Å². The van der Waals surface area contributed by atoms with Crippen LogP contribution in [0.2, 0.25) is 0 Å². The molecule has 0 radical (unpaired) electrons. The lowest BCUT2D eigenvalue weighted by Crippen LogP contribution is -2.64. The largest absolute Gasteiger partial charge is 0.460 e. The second-order valence-electron chi connectivity index (χ2n) is 5.79. The van der Waals surface area contributed by atoms with Crippen molar-refractivity contribution in [3.8, 4) is 0 Å². The Morgan fingerprint density at radius 1 is 0.931 bits per heavy atom. The van der Waals surface area contributed by atoms with E-state index in [0.29, 0.717) is 11.8 Å². The fraction of sp³-hybridized carbons (Fsp3) is 0.375. The van der Waals surface area contributed by atoms with E-state index in [1.165, 1.54) is 6.08 Å². The summed E-state index contributed by atoms with van der Waals surface area (Å²) in [6.45, 7) is 0. The maximum Gasteiger partial charge on any atom is 0.460 e. The molecule has 29 heavy (non-hydrogen) atoms. The van der Waals surface area contributed by atoms with Crippen molar-refractivity contribution < 1.29 is 44.3 Å². The zero-order valence-electron chi connectivity index (χ0n) is 14.7. The number of allylic oxidation sites excluding steroid dienone is 1. The molecule has 0 unspecified atom stereocenters. The van der Waals surface area contributed by atoms with Gasteiger partial charge in [-0.1, -0.05) is 18.2 Å². The number of nitrogens with zero attached hydrogens (tertiary/aromatic N) is 2. The highest BCUT2D eigenvalue weighted by atomic mass is 19.4. The molecule has 0 saturated carbocycles. The minimum Gasteiger partial charge on any atom is -0.378 e. The number of anilines is 1. The summed E-state index contributed by atoms with van der Waals surface area (Å²) in [7, 11) is 3.59. The van der Waals surface area contributed by atoms with Gasteiger partial charge in [-0.3, -0.25) is 4.79 Å². The van der Waals surface area contributed by atoms with Gasteiger partial charge in [-0.25, -0.2) is 5.43 Å². The highest BCUT2D eigenvalue weighted by molar-refractivity contribution is 5.86. The highest BCUT2D eigenvalue weighted by Crippen LogP contribution is 2.53. The first-order valence-corrected chi connectivity index (χ1v) is 7.53. The van der Waals surface area contributed by atoms with E-state index in [1.807, 2.05) is 4.90 Å². The van der Waals surface area contributed by atoms with Crippen LogP contribution >= 0.6 is 0 Å². The molecule has 0 bridgehead atoms. The molecule has 4 nitrogen and oxygen atoms in total. The summed E-state index contributed by atoms with van der Waals surface area (Å²) >= 11 is 0. The summed E-state index contributed by atoms with van der Waals surface area (Å²) in [5, 5.41) is 2.80. The van der Waals surface area contributed by atoms with Gasteiger partial charge in [0, 0.05) is 26.0 Å². The van der Waals surface area contributed by atoms with E-state index in [0.717, 1.165) is 17.2 Å². The molecule has 0 fully saturated rings. The Bertz CT molecular complexity index is 769. The van der Waals surface area contributed by atoms with Gasteiger partial charge >= 0.3 is 29.9 Å². The van der Waals surface area contributed by atoms with Crippen LogP contribution in [-0.4, -0.2) is 50.2 Å². The molecule has 1 amide bonds. The second-order valence-corrected chi connectivity index (χ2v) is 5.79. The summed E-state index contributed by atoms with van der Waals surface area (Å²) in [4.78, 5) is 12.8. The molecule has 0 spiro atoms. The minimum absolute atomic E-state index is 0.593. The number of alkyl halides is 9. The Morgan fingerprint density at radius 3 is 1.90 bits per heavy atom. The Kier molecular flexibility index (Phi) is 6.98. The van der Waals surface area contributed by atoms with Crippen molar-refractivity contribution >= 4 is 23.9 Å². The monoisotopic (exact) mass is 435 g/mol. The van der Waals surface area contributed by atoms with Crippen molar-refractivity contribution in [1.29, 1.82) is 0 Å². The van der Waals surface area contributed by atoms with Crippen LogP contribution in [0.4, 0.5) is 45.2 Å². The third-order valence-corrected chi connectivity index (χ3v) is 3.45. The average Bonchev–Trinajstić information content (AvgIpc) is 2.60. The van der Waals surface area contributed by atoms with E-state index in [2.05, 4.69) is 5.10 Å². The maximum atomic E-state index is 13.3. The third kappa shape index (κ3) is 5.01. The van der Waals surface area contributed by atoms with Crippen LogP contribution in [0.25, 0.3) is 6.08 Å². The zero-order chi connectivity index (χ0) is 22.7. The molecule has 0 heterocycles. The molecule has 0 aromatic heterocycles. The molecule has 0 aliphatic carbocycles. The number of hydrogen-bond acceptors (Lipinski definition) is 3. The minimum atomic E-state index is -7.15. The van der Waals surface area contributed by atoms with Crippen LogP contribution in [-0.2, 0) is 4.79 Å². The van der Waals surface area contributed by atoms with Crippen molar-refractivity contribution in [2.75, 3.05) is 19.0 Å². The van der Waals surface area contributed by atoms with E-state index in [-0.39, 0.29) is 0 Å². The van der Waals surface area contributed by atoms with E-state index in [1.54, 1.807) is 38.4 Å². The Morgan fingerprint density at radius 2 is 1.45 bits per heavy atom. The molecule has 1 aromatic rings. The van der Waals surface area contributed by atoms with Crippen molar-refractivity contribution in [2.45, 2.75) is 23.9 Å². The lowest BCUT2D eigenvalue weighted by atomic mass is 10.0. The van der Waals surface area contributed by atoms with Crippen molar-refractivity contribution in [3.05, 3.63) is 35.9 Å². The van der Waals surface area contributed by atoms with Gasteiger partial charge in [0.1, 0.15) is 0 Å². The molecule has 1 rings (SSSR count). The first kappa shape index (κ1) is 24.3. The van der Waals surface area contributed by atoms with Crippen LogP contribution in [0.3, 0.4) is 0 Å². The molecule has 0 atom stereocenters. The molecule has 1 aromatic carbocycles. The first-order chi connectivity index (χ1) is 13.1. The molecule has 0 aliphatic rings. The fourth-order valence-corrected chi connectivity index (χ4v) is 1.76. The Hall–Kier alpha value is -2.73. The number of hydrazone groups is 1. The number of amides is 1. The lowest BCUT2D eigenvalue weighted by Gasteiger charge is -2.32. The van der Waals surface area contributed by atoms with Crippen molar-refractivity contribution in [2.24, 2.45) is 5.10 Å². The Balaban J connectivity index is 2.82. The van der Waals surface area contributed by atoms with Crippen LogP contribution in [0.1, 0.15) is 5.56 Å². The summed E-state index contributed by atoms with van der Waals surface area (Å²) in [5.41, 5.74) is 2.26. The normalized spacial score (nSPS) is 13.9.